The van der Waals surface area contributed by atoms with E-state index in [0.717, 1.165) is 0 Å². The Morgan fingerprint density at radius 2 is 2.13 bits per heavy atom. The molecule has 0 saturated heterocycles. The second-order valence-electron chi connectivity index (χ2n) is 4.96. The van der Waals surface area contributed by atoms with Crippen molar-refractivity contribution in [2.75, 3.05) is 7.05 Å². The number of hydrogen-bond acceptors (Lipinski definition) is 1. The summed E-state index contributed by atoms with van der Waals surface area (Å²) in [5.41, 5.74) is 1.97. The van der Waals surface area contributed by atoms with Crippen LogP contribution in [0, 0.1) is 5.41 Å². The van der Waals surface area contributed by atoms with Crippen LogP contribution in [0.3, 0.4) is 0 Å². The summed E-state index contributed by atoms with van der Waals surface area (Å²) in [4.78, 5) is 0. The average molecular weight is 375 g/mol. The molecule has 1 fully saturated rings. The van der Waals surface area contributed by atoms with Crippen molar-refractivity contribution in [1.29, 1.82) is 0 Å². The van der Waals surface area contributed by atoms with Crippen LogP contribution in [0.5, 0.6) is 0 Å². The predicted molar refractivity (Wildman–Crippen MR) is 63.8 cm³/mol. The van der Waals surface area contributed by atoms with Gasteiger partial charge in [0.15, 0.2) is 0 Å². The summed E-state index contributed by atoms with van der Waals surface area (Å²) in [6.07, 6.45) is 6.54. The molecule has 1 rings (SSSR count). The summed E-state index contributed by atoms with van der Waals surface area (Å²) in [7, 11) is 2.06. The van der Waals surface area contributed by atoms with Gasteiger partial charge in [-0.3, -0.25) is 0 Å². The van der Waals surface area contributed by atoms with Gasteiger partial charge >= 0.3 is 104 Å². The summed E-state index contributed by atoms with van der Waals surface area (Å²) >= 11 is 1.60. The number of allylic oxidation sites excluding steroid dienone is 3. The molecule has 0 aromatic heterocycles. The van der Waals surface area contributed by atoms with Gasteiger partial charge in [-0.25, -0.2) is 0 Å². The Kier molecular flexibility index (Phi) is 3.89. The molecule has 15 heavy (non-hydrogen) atoms. The van der Waals surface area contributed by atoms with E-state index in [2.05, 4.69) is 45.8 Å². The minimum absolute atomic E-state index is 0.168. The Morgan fingerprint density at radius 1 is 1.53 bits per heavy atom. The Balaban J connectivity index is 3.05. The zero-order valence-electron chi connectivity index (χ0n) is 10.2. The Hall–Kier alpha value is -0.00169. The van der Waals surface area contributed by atoms with Crippen molar-refractivity contribution in [3.63, 3.8) is 0 Å². The minimum atomic E-state index is 0.168. The summed E-state index contributed by atoms with van der Waals surface area (Å²) in [5, 5.41) is 3.46. The Labute approximate surface area is 104 Å². The zero-order chi connectivity index (χ0) is 11.7. The first-order valence-electron chi connectivity index (χ1n) is 5.44. The molecule has 84 valence electrons. The molecule has 0 aromatic carbocycles. The van der Waals surface area contributed by atoms with Crippen LogP contribution < -0.4 is 5.32 Å². The molecule has 1 unspecified atom stereocenters. The van der Waals surface area contributed by atoms with Gasteiger partial charge < -0.3 is 0 Å². The third kappa shape index (κ3) is 2.10. The maximum atomic E-state index is 3.79. The van der Waals surface area contributed by atoms with Crippen LogP contribution in [0.15, 0.2) is 24.3 Å². The Bertz CT molecular complexity index is 314. The van der Waals surface area contributed by atoms with Crippen LogP contribution in [0.25, 0.3) is 0 Å². The normalized spacial score (nSPS) is 29.9. The standard InChI is InChI=1S/C13H21N.W/c1-6-7-11-8-9-13(4,10-11)12(2,3)14-5;/h6-7,14H,1,8-9H2,2-5H3;. The molecule has 0 amide bonds. The van der Waals surface area contributed by atoms with Crippen LogP contribution in [0.4, 0.5) is 0 Å². The molecular weight excluding hydrogens is 354 g/mol. The molecule has 1 N–H and O–H groups in total. The number of nitrogens with one attached hydrogen (secondary N) is 1. The fourth-order valence-electron chi connectivity index (χ4n) is 2.14. The van der Waals surface area contributed by atoms with Crippen LogP contribution in [0.1, 0.15) is 33.6 Å². The molecule has 1 atom stereocenters. The molecule has 1 aliphatic carbocycles. The van der Waals surface area contributed by atoms with E-state index in [0.29, 0.717) is 5.41 Å². The molecule has 1 aliphatic rings. The summed E-state index contributed by atoms with van der Waals surface area (Å²) < 4.78 is 1.60. The number of hydrogen-bond donors (Lipinski definition) is 1. The first-order valence-corrected chi connectivity index (χ1v) is 6.91. The van der Waals surface area contributed by atoms with E-state index in [9.17, 15) is 0 Å². The van der Waals surface area contributed by atoms with Crippen LogP contribution in [0.2, 0.25) is 0 Å². The van der Waals surface area contributed by atoms with E-state index in [1.807, 2.05) is 6.08 Å². The van der Waals surface area contributed by atoms with Crippen molar-refractivity contribution in [1.82, 2.24) is 5.32 Å². The predicted octanol–water partition coefficient (Wildman–Crippen LogP) is 2.62. The van der Waals surface area contributed by atoms with Crippen molar-refractivity contribution in [2.45, 2.75) is 39.2 Å². The maximum absolute atomic E-state index is 3.79. The topological polar surface area (TPSA) is 12.0 Å². The van der Waals surface area contributed by atoms with Gasteiger partial charge in [0, 0.05) is 0 Å². The van der Waals surface area contributed by atoms with Gasteiger partial charge in [0.05, 0.1) is 0 Å². The molecule has 0 spiro atoms. The van der Waals surface area contributed by atoms with Crippen LogP contribution in [-0.2, 0) is 19.4 Å². The van der Waals surface area contributed by atoms with Gasteiger partial charge in [-0.05, 0) is 0 Å². The molecule has 2 heteroatoms. The van der Waals surface area contributed by atoms with Gasteiger partial charge in [0.1, 0.15) is 0 Å². The summed E-state index contributed by atoms with van der Waals surface area (Å²) in [5.74, 6) is 0. The molecular formula is C13H21NW. The van der Waals surface area contributed by atoms with Crippen LogP contribution in [-0.4, -0.2) is 16.5 Å². The molecule has 1 saturated carbocycles. The van der Waals surface area contributed by atoms with E-state index < -0.39 is 0 Å². The van der Waals surface area contributed by atoms with Gasteiger partial charge in [-0.15, -0.1) is 0 Å². The van der Waals surface area contributed by atoms with Crippen LogP contribution >= 0.6 is 0 Å². The average Bonchev–Trinajstić information content (AvgIpc) is 2.48. The molecule has 0 aliphatic heterocycles. The quantitative estimate of drug-likeness (QED) is 0.800. The van der Waals surface area contributed by atoms with E-state index >= 15 is 0 Å². The van der Waals surface area contributed by atoms with Gasteiger partial charge in [-0.1, -0.05) is 0 Å². The van der Waals surface area contributed by atoms with E-state index in [1.165, 1.54) is 18.4 Å². The second-order valence-corrected chi connectivity index (χ2v) is 6.43. The van der Waals surface area contributed by atoms with E-state index in [4.69, 9.17) is 0 Å². The third-order valence-corrected chi connectivity index (χ3v) is 6.57. The molecule has 0 heterocycles. The fourth-order valence-corrected chi connectivity index (χ4v) is 4.03. The van der Waals surface area contributed by atoms with Crippen molar-refractivity contribution in [2.24, 2.45) is 5.41 Å². The van der Waals surface area contributed by atoms with E-state index in [-0.39, 0.29) is 5.54 Å². The van der Waals surface area contributed by atoms with Crippen molar-refractivity contribution >= 4 is 3.90 Å². The van der Waals surface area contributed by atoms with Crippen molar-refractivity contribution in [3.05, 3.63) is 24.3 Å². The van der Waals surface area contributed by atoms with Crippen molar-refractivity contribution in [3.8, 4) is 0 Å². The zero-order valence-corrected chi connectivity index (χ0v) is 13.1. The third-order valence-electron chi connectivity index (χ3n) is 4.01. The molecule has 1 nitrogen and oxygen atoms in total. The van der Waals surface area contributed by atoms with E-state index in [1.54, 1.807) is 23.3 Å². The SMILES string of the molecule is C=CC=C1CCC(C)(C(C)(C)NC)[C]1=[W]. The monoisotopic (exact) mass is 375 g/mol. The summed E-state index contributed by atoms with van der Waals surface area (Å²) in [6.45, 7) is 10.8. The summed E-state index contributed by atoms with van der Waals surface area (Å²) in [6, 6.07) is 0. The Morgan fingerprint density at radius 3 is 2.60 bits per heavy atom. The van der Waals surface area contributed by atoms with Gasteiger partial charge in [0.2, 0.25) is 0 Å². The van der Waals surface area contributed by atoms with Gasteiger partial charge in [0.25, 0.3) is 0 Å². The molecule has 0 bridgehead atoms. The first-order chi connectivity index (χ1) is 6.89. The molecule has 0 radical (unpaired) electrons. The first kappa shape index (κ1) is 13.1. The molecule has 0 aromatic rings. The second kappa shape index (κ2) is 4.47. The van der Waals surface area contributed by atoms with Crippen molar-refractivity contribution < 1.29 is 19.4 Å². The van der Waals surface area contributed by atoms with Gasteiger partial charge in [-0.2, -0.15) is 0 Å². The number of rotatable bonds is 3. The fraction of sp³-hybridized carbons (Fsp3) is 0.615.